The highest BCUT2D eigenvalue weighted by Crippen LogP contribution is 2.26. The molecule has 0 spiro atoms. The van der Waals surface area contributed by atoms with Gasteiger partial charge in [0.15, 0.2) is 6.10 Å². The highest BCUT2D eigenvalue weighted by atomic mass is 16.5. The molecule has 30 heavy (non-hydrogen) atoms. The number of ether oxygens (including phenoxy) is 2. The molecule has 0 fully saturated rings. The number of benzene rings is 2. The molecule has 2 aromatic carbocycles. The van der Waals surface area contributed by atoms with Crippen LogP contribution in [0.4, 0.5) is 5.69 Å². The van der Waals surface area contributed by atoms with Gasteiger partial charge < -0.3 is 14.8 Å². The van der Waals surface area contributed by atoms with Crippen molar-refractivity contribution in [2.75, 3.05) is 5.32 Å². The number of rotatable bonds is 6. The van der Waals surface area contributed by atoms with Gasteiger partial charge in [0.05, 0.1) is 0 Å². The number of nitrogens with zero attached hydrogens (tertiary/aromatic N) is 2. The third kappa shape index (κ3) is 5.56. The maximum Gasteiger partial charge on any atom is 0.321 e. The van der Waals surface area contributed by atoms with E-state index in [2.05, 4.69) is 36.1 Å². The van der Waals surface area contributed by atoms with Crippen molar-refractivity contribution in [3.63, 3.8) is 0 Å². The first-order valence-electron chi connectivity index (χ1n) is 9.86. The van der Waals surface area contributed by atoms with Crippen LogP contribution in [0.5, 0.6) is 17.5 Å². The summed E-state index contributed by atoms with van der Waals surface area (Å²) in [6.45, 7) is 10.1. The number of aryl methyl sites for hydroxylation is 1. The predicted molar refractivity (Wildman–Crippen MR) is 117 cm³/mol. The number of carbonyl (C=O) groups is 1. The molecule has 3 aromatic rings. The lowest BCUT2D eigenvalue weighted by Gasteiger charge is -2.20. The standard InChI is InChI=1S/C24H27N3O3/c1-16-15-20(30-23-25-13-6-14-26-23)11-12-21(16)27-22(28)17(2)29-19-9-7-18(8-10-19)24(3,4)5/h6-15,17H,1-5H3,(H,27,28). The Balaban J connectivity index is 1.60. The van der Waals surface area contributed by atoms with E-state index >= 15 is 0 Å². The van der Waals surface area contributed by atoms with E-state index in [0.717, 1.165) is 5.56 Å². The third-order valence-corrected chi connectivity index (χ3v) is 4.61. The molecule has 6 nitrogen and oxygen atoms in total. The summed E-state index contributed by atoms with van der Waals surface area (Å²) in [5.74, 6) is 1.03. The van der Waals surface area contributed by atoms with E-state index in [1.807, 2.05) is 37.3 Å². The molecule has 3 rings (SSSR count). The molecule has 0 aliphatic heterocycles. The highest BCUT2D eigenvalue weighted by Gasteiger charge is 2.17. The monoisotopic (exact) mass is 405 g/mol. The molecular formula is C24H27N3O3. The average Bonchev–Trinajstić information content (AvgIpc) is 2.70. The van der Waals surface area contributed by atoms with Gasteiger partial charge in [-0.1, -0.05) is 32.9 Å². The Hall–Kier alpha value is -3.41. The maximum absolute atomic E-state index is 12.6. The first-order chi connectivity index (χ1) is 14.2. The van der Waals surface area contributed by atoms with E-state index in [9.17, 15) is 4.79 Å². The van der Waals surface area contributed by atoms with Crippen LogP contribution >= 0.6 is 0 Å². The molecule has 6 heteroatoms. The molecule has 0 saturated heterocycles. The summed E-state index contributed by atoms with van der Waals surface area (Å²) in [4.78, 5) is 20.7. The average molecular weight is 405 g/mol. The second-order valence-electron chi connectivity index (χ2n) is 8.13. The van der Waals surface area contributed by atoms with E-state index < -0.39 is 6.10 Å². The van der Waals surface area contributed by atoms with Gasteiger partial charge in [0, 0.05) is 18.1 Å². The zero-order valence-corrected chi connectivity index (χ0v) is 18.0. The Morgan fingerprint density at radius 2 is 1.63 bits per heavy atom. The normalized spacial score (nSPS) is 12.2. The number of nitrogens with one attached hydrogen (secondary N) is 1. The van der Waals surface area contributed by atoms with Gasteiger partial charge in [-0.3, -0.25) is 4.79 Å². The molecular weight excluding hydrogens is 378 g/mol. The smallest absolute Gasteiger partial charge is 0.321 e. The Morgan fingerprint density at radius 1 is 1.00 bits per heavy atom. The molecule has 1 heterocycles. The van der Waals surface area contributed by atoms with Crippen molar-refractivity contribution >= 4 is 11.6 Å². The van der Waals surface area contributed by atoms with Gasteiger partial charge in [-0.2, -0.15) is 0 Å². The van der Waals surface area contributed by atoms with Crippen LogP contribution in [0.3, 0.4) is 0 Å². The van der Waals surface area contributed by atoms with Crippen LogP contribution in [-0.4, -0.2) is 22.0 Å². The first-order valence-corrected chi connectivity index (χ1v) is 9.86. The fraction of sp³-hybridized carbons (Fsp3) is 0.292. The second-order valence-corrected chi connectivity index (χ2v) is 8.13. The van der Waals surface area contributed by atoms with Gasteiger partial charge in [-0.05, 0) is 66.8 Å². The lowest BCUT2D eigenvalue weighted by atomic mass is 9.87. The quantitative estimate of drug-likeness (QED) is 0.604. The van der Waals surface area contributed by atoms with Crippen LogP contribution in [0.25, 0.3) is 0 Å². The first kappa shape index (κ1) is 21.3. The lowest BCUT2D eigenvalue weighted by molar-refractivity contribution is -0.122. The van der Waals surface area contributed by atoms with Gasteiger partial charge in [0.2, 0.25) is 0 Å². The highest BCUT2D eigenvalue weighted by molar-refractivity contribution is 5.94. The van der Waals surface area contributed by atoms with Crippen molar-refractivity contribution < 1.29 is 14.3 Å². The minimum absolute atomic E-state index is 0.0710. The largest absolute Gasteiger partial charge is 0.481 e. The Morgan fingerprint density at radius 3 is 2.23 bits per heavy atom. The van der Waals surface area contributed by atoms with E-state index in [1.54, 1.807) is 37.5 Å². The molecule has 0 radical (unpaired) electrons. The molecule has 0 bridgehead atoms. The summed E-state index contributed by atoms with van der Waals surface area (Å²) in [6, 6.07) is 15.2. The number of anilines is 1. The molecule has 0 saturated carbocycles. The molecule has 1 amide bonds. The molecule has 1 aromatic heterocycles. The Labute approximate surface area is 177 Å². The molecule has 156 valence electrons. The number of amides is 1. The predicted octanol–water partition coefficient (Wildman–Crippen LogP) is 5.28. The van der Waals surface area contributed by atoms with Gasteiger partial charge in [0.1, 0.15) is 11.5 Å². The lowest BCUT2D eigenvalue weighted by Crippen LogP contribution is -2.30. The number of aromatic nitrogens is 2. The number of hydrogen-bond donors (Lipinski definition) is 1. The van der Waals surface area contributed by atoms with E-state index in [4.69, 9.17) is 9.47 Å². The van der Waals surface area contributed by atoms with Crippen molar-refractivity contribution in [3.05, 3.63) is 72.1 Å². The number of carbonyl (C=O) groups excluding carboxylic acids is 1. The molecule has 1 N–H and O–H groups in total. The number of hydrogen-bond acceptors (Lipinski definition) is 5. The van der Waals surface area contributed by atoms with Crippen LogP contribution in [0.15, 0.2) is 60.9 Å². The van der Waals surface area contributed by atoms with Gasteiger partial charge in [-0.15, -0.1) is 0 Å². The zero-order chi connectivity index (χ0) is 21.7. The topological polar surface area (TPSA) is 73.3 Å². The van der Waals surface area contributed by atoms with Crippen LogP contribution in [0.2, 0.25) is 0 Å². The maximum atomic E-state index is 12.6. The minimum Gasteiger partial charge on any atom is -0.481 e. The van der Waals surface area contributed by atoms with Crippen molar-refractivity contribution in [3.8, 4) is 17.5 Å². The van der Waals surface area contributed by atoms with Crippen LogP contribution < -0.4 is 14.8 Å². The summed E-state index contributed by atoms with van der Waals surface area (Å²) in [5, 5.41) is 2.91. The van der Waals surface area contributed by atoms with Crippen molar-refractivity contribution in [1.82, 2.24) is 9.97 Å². The van der Waals surface area contributed by atoms with E-state index in [1.165, 1.54) is 5.56 Å². The summed E-state index contributed by atoms with van der Waals surface area (Å²) in [5.41, 5.74) is 2.84. The summed E-state index contributed by atoms with van der Waals surface area (Å²) < 4.78 is 11.4. The second kappa shape index (κ2) is 8.95. The van der Waals surface area contributed by atoms with Crippen LogP contribution in [0, 0.1) is 6.92 Å². The van der Waals surface area contributed by atoms with E-state index in [0.29, 0.717) is 17.2 Å². The Kier molecular flexibility index (Phi) is 6.35. The Bertz CT molecular complexity index is 996. The van der Waals surface area contributed by atoms with Crippen LogP contribution in [-0.2, 0) is 10.2 Å². The summed E-state index contributed by atoms with van der Waals surface area (Å²) in [7, 11) is 0. The SMILES string of the molecule is Cc1cc(Oc2ncccn2)ccc1NC(=O)C(C)Oc1ccc(C(C)(C)C)cc1. The molecule has 1 unspecified atom stereocenters. The van der Waals surface area contributed by atoms with Gasteiger partial charge >= 0.3 is 6.01 Å². The van der Waals surface area contributed by atoms with Crippen molar-refractivity contribution in [2.45, 2.75) is 46.1 Å². The fourth-order valence-electron chi connectivity index (χ4n) is 2.81. The third-order valence-electron chi connectivity index (χ3n) is 4.61. The molecule has 0 aliphatic rings. The molecule has 1 atom stereocenters. The molecule has 0 aliphatic carbocycles. The van der Waals surface area contributed by atoms with Gasteiger partial charge in [-0.25, -0.2) is 9.97 Å². The summed E-state index contributed by atoms with van der Waals surface area (Å²) in [6.07, 6.45) is 2.59. The van der Waals surface area contributed by atoms with Crippen LogP contribution in [0.1, 0.15) is 38.8 Å². The van der Waals surface area contributed by atoms with E-state index in [-0.39, 0.29) is 17.3 Å². The van der Waals surface area contributed by atoms with Crippen molar-refractivity contribution in [2.24, 2.45) is 0 Å². The summed E-state index contributed by atoms with van der Waals surface area (Å²) >= 11 is 0. The fourth-order valence-corrected chi connectivity index (χ4v) is 2.81. The minimum atomic E-state index is -0.640. The zero-order valence-electron chi connectivity index (χ0n) is 18.0. The van der Waals surface area contributed by atoms with Crippen molar-refractivity contribution in [1.29, 1.82) is 0 Å². The van der Waals surface area contributed by atoms with Gasteiger partial charge in [0.25, 0.3) is 5.91 Å².